The molecule has 3 aromatic rings. The van der Waals surface area contributed by atoms with Crippen LogP contribution in [0.2, 0.25) is 0 Å². The Morgan fingerprint density at radius 3 is 2.45 bits per heavy atom. The number of hydrogen-bond donors (Lipinski definition) is 1. The Balaban J connectivity index is 1.78. The normalized spacial score (nSPS) is 13.1. The average molecular weight is 397 g/mol. The Hall–Kier alpha value is -3.12. The number of allylic oxidation sites excluding steroid dienone is 5. The highest BCUT2D eigenvalue weighted by Gasteiger charge is 2.31. The molecule has 0 saturated carbocycles. The molecule has 0 atom stereocenters. The van der Waals surface area contributed by atoms with E-state index >= 15 is 0 Å². The molecule has 29 heavy (non-hydrogen) atoms. The summed E-state index contributed by atoms with van der Waals surface area (Å²) in [6, 6.07) is 13.9. The van der Waals surface area contributed by atoms with Gasteiger partial charge in [-0.3, -0.25) is 0 Å². The molecule has 0 aliphatic carbocycles. The fraction of sp³-hybridized carbons (Fsp3) is 0.174. The number of imidazole rings is 1. The zero-order chi connectivity index (χ0) is 20.9. The van der Waals surface area contributed by atoms with Gasteiger partial charge in [-0.25, -0.2) is 4.98 Å². The SMILES string of the molecule is C=C/C(=C\C(=C/C)C(F)(F)F)c1cn2cc(CNCc3ccccc3)ccc2n1. The molecule has 0 spiro atoms. The molecule has 1 N–H and O–H groups in total. The Bertz CT molecular complexity index is 1040. The number of aromatic nitrogens is 2. The van der Waals surface area contributed by atoms with E-state index in [9.17, 15) is 13.2 Å². The lowest BCUT2D eigenvalue weighted by Gasteiger charge is -2.08. The average Bonchev–Trinajstić information content (AvgIpc) is 3.12. The Labute approximate surface area is 167 Å². The molecule has 3 nitrogen and oxygen atoms in total. The lowest BCUT2D eigenvalue weighted by molar-refractivity contribution is -0.0882. The quantitative estimate of drug-likeness (QED) is 0.518. The van der Waals surface area contributed by atoms with Gasteiger partial charge in [0.1, 0.15) is 5.65 Å². The highest BCUT2D eigenvalue weighted by Crippen LogP contribution is 2.29. The molecule has 0 amide bonds. The Morgan fingerprint density at radius 2 is 1.79 bits per heavy atom. The van der Waals surface area contributed by atoms with E-state index in [4.69, 9.17) is 0 Å². The number of hydrogen-bond acceptors (Lipinski definition) is 2. The first-order valence-electron chi connectivity index (χ1n) is 9.21. The molecule has 0 saturated heterocycles. The van der Waals surface area contributed by atoms with Gasteiger partial charge in [0.05, 0.1) is 11.3 Å². The third kappa shape index (κ3) is 5.23. The van der Waals surface area contributed by atoms with Crippen molar-refractivity contribution < 1.29 is 13.2 Å². The molecule has 0 fully saturated rings. The van der Waals surface area contributed by atoms with Crippen LogP contribution in [-0.4, -0.2) is 15.6 Å². The zero-order valence-electron chi connectivity index (χ0n) is 16.1. The van der Waals surface area contributed by atoms with Crippen LogP contribution >= 0.6 is 0 Å². The van der Waals surface area contributed by atoms with Gasteiger partial charge in [0.15, 0.2) is 0 Å². The van der Waals surface area contributed by atoms with Gasteiger partial charge in [0, 0.05) is 31.1 Å². The lowest BCUT2D eigenvalue weighted by Crippen LogP contribution is -2.12. The van der Waals surface area contributed by atoms with Crippen LogP contribution in [0.5, 0.6) is 0 Å². The molecule has 150 valence electrons. The van der Waals surface area contributed by atoms with Crippen LogP contribution < -0.4 is 5.32 Å². The highest BCUT2D eigenvalue weighted by atomic mass is 19.4. The van der Waals surface area contributed by atoms with E-state index in [-0.39, 0.29) is 0 Å². The van der Waals surface area contributed by atoms with Crippen molar-refractivity contribution in [3.63, 3.8) is 0 Å². The Kier molecular flexibility index (Phi) is 6.34. The van der Waals surface area contributed by atoms with Gasteiger partial charge < -0.3 is 9.72 Å². The molecule has 2 heterocycles. The summed E-state index contributed by atoms with van der Waals surface area (Å²) in [5.74, 6) is 0. The summed E-state index contributed by atoms with van der Waals surface area (Å²) in [5.41, 5.74) is 2.94. The minimum atomic E-state index is -4.42. The molecular formula is C23H22F3N3. The lowest BCUT2D eigenvalue weighted by atomic mass is 10.1. The first-order valence-corrected chi connectivity index (χ1v) is 9.21. The predicted molar refractivity (Wildman–Crippen MR) is 110 cm³/mol. The van der Waals surface area contributed by atoms with Crippen molar-refractivity contribution >= 4 is 11.2 Å². The molecule has 1 aromatic carbocycles. The van der Waals surface area contributed by atoms with Gasteiger partial charge in [-0.1, -0.05) is 55.1 Å². The van der Waals surface area contributed by atoms with E-state index in [2.05, 4.69) is 29.0 Å². The predicted octanol–water partition coefficient (Wildman–Crippen LogP) is 5.70. The van der Waals surface area contributed by atoms with Crippen molar-refractivity contribution in [2.75, 3.05) is 0 Å². The summed E-state index contributed by atoms with van der Waals surface area (Å²) in [6.45, 7) is 6.42. The maximum atomic E-state index is 13.1. The van der Waals surface area contributed by atoms with Crippen molar-refractivity contribution in [2.45, 2.75) is 26.2 Å². The summed E-state index contributed by atoms with van der Waals surface area (Å²) in [6.07, 6.45) is 2.71. The molecule has 0 radical (unpaired) electrons. The topological polar surface area (TPSA) is 29.3 Å². The standard InChI is InChI=1S/C23H22F3N3/c1-3-19(12-20(4-2)23(24,25)26)21-16-29-15-18(10-11-22(29)28-21)14-27-13-17-8-6-5-7-9-17/h3-12,15-16,27H,1,13-14H2,2H3/b19-12+,20-4+. The summed E-state index contributed by atoms with van der Waals surface area (Å²) < 4.78 is 41.0. The first kappa shape index (κ1) is 20.6. The van der Waals surface area contributed by atoms with Gasteiger partial charge in [-0.05, 0) is 30.2 Å². The molecule has 0 unspecified atom stereocenters. The van der Waals surface area contributed by atoms with Gasteiger partial charge >= 0.3 is 6.18 Å². The number of alkyl halides is 3. The highest BCUT2D eigenvalue weighted by molar-refractivity contribution is 5.74. The third-order valence-electron chi connectivity index (χ3n) is 4.48. The summed E-state index contributed by atoms with van der Waals surface area (Å²) in [5, 5.41) is 3.38. The second-order valence-electron chi connectivity index (χ2n) is 6.56. The van der Waals surface area contributed by atoms with Crippen LogP contribution in [0.25, 0.3) is 11.2 Å². The van der Waals surface area contributed by atoms with Crippen LogP contribution in [-0.2, 0) is 13.1 Å². The summed E-state index contributed by atoms with van der Waals surface area (Å²) in [4.78, 5) is 4.43. The molecule has 0 bridgehead atoms. The maximum Gasteiger partial charge on any atom is 0.416 e. The molecule has 0 aliphatic rings. The second kappa shape index (κ2) is 8.92. The Morgan fingerprint density at radius 1 is 1.07 bits per heavy atom. The second-order valence-corrected chi connectivity index (χ2v) is 6.56. The smallest absolute Gasteiger partial charge is 0.309 e. The van der Waals surface area contributed by atoms with Crippen LogP contribution in [0.15, 0.2) is 85.2 Å². The monoisotopic (exact) mass is 397 g/mol. The van der Waals surface area contributed by atoms with Gasteiger partial charge in [-0.15, -0.1) is 0 Å². The zero-order valence-corrected chi connectivity index (χ0v) is 16.1. The van der Waals surface area contributed by atoms with E-state index < -0.39 is 11.7 Å². The van der Waals surface area contributed by atoms with Crippen molar-refractivity contribution in [2.24, 2.45) is 0 Å². The largest absolute Gasteiger partial charge is 0.416 e. The first-order chi connectivity index (χ1) is 13.9. The fourth-order valence-corrected chi connectivity index (χ4v) is 2.96. The van der Waals surface area contributed by atoms with Crippen molar-refractivity contribution in [1.29, 1.82) is 0 Å². The fourth-order valence-electron chi connectivity index (χ4n) is 2.96. The van der Waals surface area contributed by atoms with Gasteiger partial charge in [0.2, 0.25) is 0 Å². The number of halogens is 3. The molecular weight excluding hydrogens is 375 g/mol. The van der Waals surface area contributed by atoms with E-state index in [0.717, 1.165) is 24.3 Å². The minimum absolute atomic E-state index is 0.322. The number of nitrogens with zero attached hydrogens (tertiary/aromatic N) is 2. The summed E-state index contributed by atoms with van der Waals surface area (Å²) >= 11 is 0. The molecule has 6 heteroatoms. The van der Waals surface area contributed by atoms with Crippen LogP contribution in [0, 0.1) is 0 Å². The van der Waals surface area contributed by atoms with Gasteiger partial charge in [0.25, 0.3) is 0 Å². The van der Waals surface area contributed by atoms with Crippen LogP contribution in [0.1, 0.15) is 23.7 Å². The molecule has 2 aromatic heterocycles. The molecule has 0 aliphatic heterocycles. The number of rotatable bonds is 7. The number of pyridine rings is 1. The van der Waals surface area contributed by atoms with Crippen LogP contribution in [0.4, 0.5) is 13.2 Å². The van der Waals surface area contributed by atoms with E-state index in [0.29, 0.717) is 23.5 Å². The number of fused-ring (bicyclic) bond motifs is 1. The van der Waals surface area contributed by atoms with E-state index in [1.165, 1.54) is 18.6 Å². The van der Waals surface area contributed by atoms with Crippen LogP contribution in [0.3, 0.4) is 0 Å². The number of benzene rings is 1. The van der Waals surface area contributed by atoms with Crippen molar-refractivity contribution in [3.05, 3.63) is 102 Å². The minimum Gasteiger partial charge on any atom is -0.309 e. The number of nitrogens with one attached hydrogen (secondary N) is 1. The third-order valence-corrected chi connectivity index (χ3v) is 4.48. The van der Waals surface area contributed by atoms with Gasteiger partial charge in [-0.2, -0.15) is 13.2 Å². The van der Waals surface area contributed by atoms with Crippen molar-refractivity contribution in [3.8, 4) is 0 Å². The maximum absolute atomic E-state index is 13.1. The van der Waals surface area contributed by atoms with E-state index in [1.54, 1.807) is 6.20 Å². The van der Waals surface area contributed by atoms with E-state index in [1.807, 2.05) is 40.9 Å². The van der Waals surface area contributed by atoms with Crippen molar-refractivity contribution in [1.82, 2.24) is 14.7 Å². The summed E-state index contributed by atoms with van der Waals surface area (Å²) in [7, 11) is 0. The molecule has 3 rings (SSSR count).